The molecular formula is C18H16BrFN2. The van der Waals surface area contributed by atoms with Gasteiger partial charge < -0.3 is 10.3 Å². The number of aromatic nitrogens is 1. The van der Waals surface area contributed by atoms with E-state index in [0.29, 0.717) is 0 Å². The Hall–Kier alpha value is -1.81. The lowest BCUT2D eigenvalue weighted by Gasteiger charge is -2.24. The van der Waals surface area contributed by atoms with Crippen LogP contribution >= 0.6 is 15.9 Å². The van der Waals surface area contributed by atoms with Gasteiger partial charge in [-0.15, -0.1) is 0 Å². The third-order valence-electron chi connectivity index (χ3n) is 4.35. The molecular weight excluding hydrogens is 343 g/mol. The summed E-state index contributed by atoms with van der Waals surface area (Å²) >= 11 is 3.56. The molecule has 1 aromatic heterocycles. The molecule has 2 nitrogen and oxygen atoms in total. The van der Waals surface area contributed by atoms with Gasteiger partial charge in [-0.05, 0) is 67.3 Å². The lowest BCUT2D eigenvalue weighted by molar-refractivity contribution is 0.592. The molecule has 0 amide bonds. The summed E-state index contributed by atoms with van der Waals surface area (Å²) in [5.41, 5.74) is 4.81. The normalized spacial score (nSPS) is 17.5. The Balaban J connectivity index is 1.72. The highest BCUT2D eigenvalue weighted by atomic mass is 79.9. The van der Waals surface area contributed by atoms with E-state index in [1.54, 1.807) is 12.1 Å². The number of hydrogen-bond donors (Lipinski definition) is 2. The number of H-pyrrole nitrogens is 1. The zero-order valence-electron chi connectivity index (χ0n) is 12.0. The zero-order valence-corrected chi connectivity index (χ0v) is 13.6. The predicted octanol–water partition coefficient (Wildman–Crippen LogP) is 5.56. The highest BCUT2D eigenvalue weighted by Crippen LogP contribution is 2.37. The Labute approximate surface area is 136 Å². The second-order valence-corrected chi connectivity index (χ2v) is 6.72. The van der Waals surface area contributed by atoms with Crippen molar-refractivity contribution in [2.45, 2.75) is 25.3 Å². The molecule has 0 radical (unpaired) electrons. The van der Waals surface area contributed by atoms with Gasteiger partial charge in [0.2, 0.25) is 0 Å². The van der Waals surface area contributed by atoms with Crippen molar-refractivity contribution in [1.29, 1.82) is 0 Å². The number of halogens is 2. The van der Waals surface area contributed by atoms with Crippen molar-refractivity contribution >= 4 is 32.5 Å². The van der Waals surface area contributed by atoms with Crippen LogP contribution in [0.25, 0.3) is 10.9 Å². The average Bonchev–Trinajstić information content (AvgIpc) is 2.89. The third kappa shape index (κ3) is 2.41. The van der Waals surface area contributed by atoms with Crippen molar-refractivity contribution in [2.75, 3.05) is 5.32 Å². The summed E-state index contributed by atoms with van der Waals surface area (Å²) in [5.74, 6) is -0.203. The molecule has 0 spiro atoms. The summed E-state index contributed by atoms with van der Waals surface area (Å²) in [4.78, 5) is 3.57. The molecule has 1 atom stereocenters. The zero-order chi connectivity index (χ0) is 15.1. The van der Waals surface area contributed by atoms with Gasteiger partial charge in [-0.3, -0.25) is 0 Å². The SMILES string of the molecule is Fc1ccc(NC2CCCc3c2[nH]c2ccc(Br)cc32)cc1. The molecule has 112 valence electrons. The fourth-order valence-corrected chi connectivity index (χ4v) is 3.69. The van der Waals surface area contributed by atoms with Crippen molar-refractivity contribution in [3.63, 3.8) is 0 Å². The molecule has 3 aromatic rings. The first-order chi connectivity index (χ1) is 10.7. The Bertz CT molecular complexity index is 823. The van der Waals surface area contributed by atoms with Gasteiger partial charge in [-0.2, -0.15) is 0 Å². The lowest BCUT2D eigenvalue weighted by Crippen LogP contribution is -2.17. The number of rotatable bonds is 2. The quantitative estimate of drug-likeness (QED) is 0.616. The van der Waals surface area contributed by atoms with E-state index in [4.69, 9.17) is 0 Å². The summed E-state index contributed by atoms with van der Waals surface area (Å²) in [6.45, 7) is 0. The van der Waals surface area contributed by atoms with Gasteiger partial charge >= 0.3 is 0 Å². The van der Waals surface area contributed by atoms with E-state index in [1.807, 2.05) is 0 Å². The molecule has 0 saturated carbocycles. The van der Waals surface area contributed by atoms with Gasteiger partial charge in [-0.1, -0.05) is 15.9 Å². The first kappa shape index (κ1) is 13.8. The Kier molecular flexibility index (Phi) is 3.41. The summed E-state index contributed by atoms with van der Waals surface area (Å²) in [7, 11) is 0. The van der Waals surface area contributed by atoms with Crippen molar-refractivity contribution in [3.05, 3.63) is 64.0 Å². The maximum absolute atomic E-state index is 13.0. The number of benzene rings is 2. The monoisotopic (exact) mass is 358 g/mol. The molecule has 2 N–H and O–H groups in total. The van der Waals surface area contributed by atoms with Crippen LogP contribution in [0.2, 0.25) is 0 Å². The van der Waals surface area contributed by atoms with Gasteiger partial charge in [0.25, 0.3) is 0 Å². The Morgan fingerprint density at radius 1 is 1.14 bits per heavy atom. The average molecular weight is 359 g/mol. The van der Waals surface area contributed by atoms with Crippen molar-refractivity contribution in [2.24, 2.45) is 0 Å². The van der Waals surface area contributed by atoms with Crippen LogP contribution < -0.4 is 5.32 Å². The highest BCUT2D eigenvalue weighted by molar-refractivity contribution is 9.10. The summed E-state index contributed by atoms with van der Waals surface area (Å²) < 4.78 is 14.2. The second-order valence-electron chi connectivity index (χ2n) is 5.80. The smallest absolute Gasteiger partial charge is 0.123 e. The second kappa shape index (κ2) is 5.43. The van der Waals surface area contributed by atoms with E-state index in [1.165, 1.54) is 34.3 Å². The number of hydrogen-bond acceptors (Lipinski definition) is 1. The van der Waals surface area contributed by atoms with Crippen LogP contribution in [0.1, 0.15) is 30.1 Å². The maximum Gasteiger partial charge on any atom is 0.123 e. The molecule has 0 saturated heterocycles. The number of nitrogens with one attached hydrogen (secondary N) is 2. The van der Waals surface area contributed by atoms with Crippen molar-refractivity contribution < 1.29 is 4.39 Å². The van der Waals surface area contributed by atoms with Gasteiger partial charge in [0.1, 0.15) is 5.82 Å². The largest absolute Gasteiger partial charge is 0.377 e. The molecule has 1 unspecified atom stereocenters. The molecule has 0 aliphatic heterocycles. The molecule has 0 bridgehead atoms. The molecule has 4 heteroatoms. The summed E-state index contributed by atoms with van der Waals surface area (Å²) in [5, 5.41) is 4.83. The fourth-order valence-electron chi connectivity index (χ4n) is 3.33. The van der Waals surface area contributed by atoms with Crippen LogP contribution in [0.3, 0.4) is 0 Å². The lowest BCUT2D eigenvalue weighted by atomic mass is 9.91. The number of anilines is 1. The first-order valence-electron chi connectivity index (χ1n) is 7.53. The molecule has 22 heavy (non-hydrogen) atoms. The van der Waals surface area contributed by atoms with Crippen LogP contribution in [-0.2, 0) is 6.42 Å². The van der Waals surface area contributed by atoms with Crippen LogP contribution in [-0.4, -0.2) is 4.98 Å². The molecule has 4 rings (SSSR count). The van der Waals surface area contributed by atoms with E-state index >= 15 is 0 Å². The Morgan fingerprint density at radius 2 is 1.95 bits per heavy atom. The predicted molar refractivity (Wildman–Crippen MR) is 91.7 cm³/mol. The van der Waals surface area contributed by atoms with Gasteiger partial charge in [0.05, 0.1) is 6.04 Å². The molecule has 1 aliphatic carbocycles. The molecule has 2 aromatic carbocycles. The van der Waals surface area contributed by atoms with Crippen molar-refractivity contribution in [1.82, 2.24) is 4.98 Å². The minimum absolute atomic E-state index is 0.203. The van der Waals surface area contributed by atoms with E-state index in [-0.39, 0.29) is 11.9 Å². The van der Waals surface area contributed by atoms with Crippen molar-refractivity contribution in [3.8, 4) is 0 Å². The maximum atomic E-state index is 13.0. The highest BCUT2D eigenvalue weighted by Gasteiger charge is 2.24. The summed E-state index contributed by atoms with van der Waals surface area (Å²) in [6, 6.07) is 13.2. The van der Waals surface area contributed by atoms with Crippen LogP contribution in [0.5, 0.6) is 0 Å². The van der Waals surface area contributed by atoms with E-state index in [2.05, 4.69) is 44.4 Å². The molecule has 0 fully saturated rings. The number of aryl methyl sites for hydroxylation is 1. The fraction of sp³-hybridized carbons (Fsp3) is 0.222. The van der Waals surface area contributed by atoms with E-state index < -0.39 is 0 Å². The van der Waals surface area contributed by atoms with Crippen LogP contribution in [0.4, 0.5) is 10.1 Å². The molecule has 1 heterocycles. The topological polar surface area (TPSA) is 27.8 Å². The first-order valence-corrected chi connectivity index (χ1v) is 8.32. The van der Waals surface area contributed by atoms with Crippen LogP contribution in [0.15, 0.2) is 46.9 Å². The molecule has 1 aliphatic rings. The number of aromatic amines is 1. The minimum Gasteiger partial charge on any atom is -0.377 e. The van der Waals surface area contributed by atoms with E-state index in [9.17, 15) is 4.39 Å². The summed E-state index contributed by atoms with van der Waals surface area (Å²) in [6.07, 6.45) is 3.34. The Morgan fingerprint density at radius 3 is 2.77 bits per heavy atom. The van der Waals surface area contributed by atoms with Crippen LogP contribution in [0, 0.1) is 5.82 Å². The van der Waals surface area contributed by atoms with Gasteiger partial charge in [0.15, 0.2) is 0 Å². The third-order valence-corrected chi connectivity index (χ3v) is 4.85. The van der Waals surface area contributed by atoms with Gasteiger partial charge in [0, 0.05) is 26.8 Å². The number of fused-ring (bicyclic) bond motifs is 3. The van der Waals surface area contributed by atoms with Gasteiger partial charge in [-0.25, -0.2) is 4.39 Å². The van der Waals surface area contributed by atoms with E-state index in [0.717, 1.165) is 29.4 Å². The minimum atomic E-state index is -0.203. The standard InChI is InChI=1S/C18H16BrFN2/c19-11-4-9-16-15(10-11)14-2-1-3-17(18(14)22-16)21-13-7-5-12(20)6-8-13/h4-10,17,21-22H,1-3H2.